The molecule has 2 fully saturated rings. The first kappa shape index (κ1) is 15.5. The van der Waals surface area contributed by atoms with Crippen molar-refractivity contribution in [3.05, 3.63) is 35.6 Å². The highest BCUT2D eigenvalue weighted by molar-refractivity contribution is 5.81. The van der Waals surface area contributed by atoms with Crippen LogP contribution in [0.5, 0.6) is 0 Å². The number of ether oxygens (including phenoxy) is 1. The number of hydrogen-bond donors (Lipinski definition) is 0. The molecule has 0 spiro atoms. The summed E-state index contributed by atoms with van der Waals surface area (Å²) in [5, 5.41) is 0. The van der Waals surface area contributed by atoms with E-state index in [1.54, 1.807) is 12.1 Å². The molecule has 1 saturated carbocycles. The summed E-state index contributed by atoms with van der Waals surface area (Å²) in [4.78, 5) is 14.8. The van der Waals surface area contributed by atoms with E-state index in [2.05, 4.69) is 0 Å². The third-order valence-corrected chi connectivity index (χ3v) is 4.81. The lowest BCUT2D eigenvalue weighted by atomic mass is 10.1. The van der Waals surface area contributed by atoms with E-state index in [1.165, 1.54) is 25.0 Å². The smallest absolute Gasteiger partial charge is 0.251 e. The molecule has 1 aromatic carbocycles. The van der Waals surface area contributed by atoms with Gasteiger partial charge in [0.15, 0.2) is 0 Å². The Morgan fingerprint density at radius 1 is 1.14 bits per heavy atom. The van der Waals surface area contributed by atoms with Crippen LogP contribution in [-0.4, -0.2) is 36.1 Å². The van der Waals surface area contributed by atoms with E-state index in [-0.39, 0.29) is 17.8 Å². The summed E-state index contributed by atoms with van der Waals surface area (Å²) in [7, 11) is 0. The van der Waals surface area contributed by atoms with E-state index in [0.717, 1.165) is 37.7 Å². The van der Waals surface area contributed by atoms with Crippen LogP contribution in [0.15, 0.2) is 24.3 Å². The number of hydrogen-bond acceptors (Lipinski definition) is 2. The standard InChI is InChI=1S/C18H24FNO2/c19-15-9-7-14(8-10-15)11-12-20(16-4-1-2-5-16)18(21)17-6-3-13-22-17/h7-10,16-17H,1-6,11-13H2. The van der Waals surface area contributed by atoms with Gasteiger partial charge in [0.1, 0.15) is 11.9 Å². The highest BCUT2D eigenvalue weighted by Gasteiger charge is 2.33. The number of nitrogens with zero attached hydrogens (tertiary/aromatic N) is 1. The second kappa shape index (κ2) is 7.23. The van der Waals surface area contributed by atoms with Gasteiger partial charge in [-0.25, -0.2) is 4.39 Å². The molecule has 0 radical (unpaired) electrons. The van der Waals surface area contributed by atoms with Crippen molar-refractivity contribution in [3.8, 4) is 0 Å². The second-order valence-electron chi connectivity index (χ2n) is 6.35. The summed E-state index contributed by atoms with van der Waals surface area (Å²) < 4.78 is 18.6. The summed E-state index contributed by atoms with van der Waals surface area (Å²) in [5.41, 5.74) is 1.07. The van der Waals surface area contributed by atoms with Crippen LogP contribution in [0.25, 0.3) is 0 Å². The Morgan fingerprint density at radius 3 is 2.50 bits per heavy atom. The predicted molar refractivity (Wildman–Crippen MR) is 83.0 cm³/mol. The van der Waals surface area contributed by atoms with Gasteiger partial charge in [0.05, 0.1) is 0 Å². The van der Waals surface area contributed by atoms with Gasteiger partial charge < -0.3 is 9.64 Å². The van der Waals surface area contributed by atoms with Gasteiger partial charge in [-0.2, -0.15) is 0 Å². The van der Waals surface area contributed by atoms with Crippen LogP contribution in [0.2, 0.25) is 0 Å². The fraction of sp³-hybridized carbons (Fsp3) is 0.611. The lowest BCUT2D eigenvalue weighted by molar-refractivity contribution is -0.143. The highest BCUT2D eigenvalue weighted by atomic mass is 19.1. The van der Waals surface area contributed by atoms with E-state index in [0.29, 0.717) is 19.2 Å². The largest absolute Gasteiger partial charge is 0.368 e. The molecular formula is C18H24FNO2. The van der Waals surface area contributed by atoms with Crippen LogP contribution in [0.1, 0.15) is 44.1 Å². The molecule has 3 nitrogen and oxygen atoms in total. The molecule has 1 atom stereocenters. The lowest BCUT2D eigenvalue weighted by Gasteiger charge is -2.31. The first-order valence-electron chi connectivity index (χ1n) is 8.40. The summed E-state index contributed by atoms with van der Waals surface area (Å²) in [6, 6.07) is 6.93. The van der Waals surface area contributed by atoms with E-state index in [4.69, 9.17) is 4.74 Å². The van der Waals surface area contributed by atoms with Crippen LogP contribution in [0.4, 0.5) is 4.39 Å². The average molecular weight is 305 g/mol. The van der Waals surface area contributed by atoms with E-state index in [9.17, 15) is 9.18 Å². The van der Waals surface area contributed by atoms with E-state index in [1.807, 2.05) is 4.90 Å². The van der Waals surface area contributed by atoms with Gasteiger partial charge in [0.2, 0.25) is 0 Å². The van der Waals surface area contributed by atoms with Crippen molar-refractivity contribution < 1.29 is 13.9 Å². The van der Waals surface area contributed by atoms with Crippen molar-refractivity contribution in [3.63, 3.8) is 0 Å². The number of benzene rings is 1. The fourth-order valence-electron chi connectivity index (χ4n) is 3.55. The topological polar surface area (TPSA) is 29.5 Å². The molecule has 3 rings (SSSR count). The number of rotatable bonds is 5. The van der Waals surface area contributed by atoms with Crippen LogP contribution in [0, 0.1) is 5.82 Å². The Balaban J connectivity index is 1.65. The predicted octanol–water partition coefficient (Wildman–Crippen LogP) is 3.32. The highest BCUT2D eigenvalue weighted by Crippen LogP contribution is 2.26. The Bertz CT molecular complexity index is 490. The zero-order valence-electron chi connectivity index (χ0n) is 13.0. The summed E-state index contributed by atoms with van der Waals surface area (Å²) in [6.45, 7) is 1.40. The molecule has 0 N–H and O–H groups in total. The quantitative estimate of drug-likeness (QED) is 0.835. The van der Waals surface area contributed by atoms with Crippen molar-refractivity contribution in [2.45, 2.75) is 57.1 Å². The van der Waals surface area contributed by atoms with E-state index < -0.39 is 0 Å². The van der Waals surface area contributed by atoms with Gasteiger partial charge >= 0.3 is 0 Å². The summed E-state index contributed by atoms with van der Waals surface area (Å²) in [5.74, 6) is -0.0571. The minimum absolute atomic E-state index is 0.159. The van der Waals surface area contributed by atoms with Crippen LogP contribution >= 0.6 is 0 Å². The number of amides is 1. The Morgan fingerprint density at radius 2 is 1.86 bits per heavy atom. The first-order valence-corrected chi connectivity index (χ1v) is 8.40. The maximum Gasteiger partial charge on any atom is 0.251 e. The fourth-order valence-corrected chi connectivity index (χ4v) is 3.55. The van der Waals surface area contributed by atoms with Gasteiger partial charge in [0.25, 0.3) is 5.91 Å². The second-order valence-corrected chi connectivity index (χ2v) is 6.35. The molecule has 1 saturated heterocycles. The molecular weight excluding hydrogens is 281 g/mol. The van der Waals surface area contributed by atoms with Gasteiger partial charge in [-0.3, -0.25) is 4.79 Å². The molecule has 1 aliphatic carbocycles. The van der Waals surface area contributed by atoms with Gasteiger partial charge in [-0.05, 0) is 49.8 Å². The van der Waals surface area contributed by atoms with Gasteiger partial charge in [-0.15, -0.1) is 0 Å². The molecule has 22 heavy (non-hydrogen) atoms. The van der Waals surface area contributed by atoms with Crippen molar-refractivity contribution in [2.75, 3.05) is 13.2 Å². The zero-order chi connectivity index (χ0) is 15.4. The Labute approximate surface area is 131 Å². The van der Waals surface area contributed by atoms with Crippen molar-refractivity contribution >= 4 is 5.91 Å². The summed E-state index contributed by atoms with van der Waals surface area (Å²) in [6.07, 6.45) is 6.96. The maximum atomic E-state index is 13.0. The number of halogens is 1. The first-order chi connectivity index (χ1) is 10.7. The average Bonchev–Trinajstić information content (AvgIpc) is 3.22. The molecule has 1 unspecified atom stereocenters. The minimum atomic E-state index is -0.242. The SMILES string of the molecule is O=C(C1CCCO1)N(CCc1ccc(F)cc1)C1CCCC1. The monoisotopic (exact) mass is 305 g/mol. The molecule has 120 valence electrons. The van der Waals surface area contributed by atoms with Gasteiger partial charge in [0, 0.05) is 19.2 Å². The molecule has 1 amide bonds. The number of carbonyl (C=O) groups excluding carboxylic acids is 1. The lowest BCUT2D eigenvalue weighted by Crippen LogP contribution is -2.45. The van der Waals surface area contributed by atoms with Crippen molar-refractivity contribution in [2.24, 2.45) is 0 Å². The molecule has 4 heteroatoms. The van der Waals surface area contributed by atoms with Crippen LogP contribution in [0.3, 0.4) is 0 Å². The minimum Gasteiger partial charge on any atom is -0.368 e. The molecule has 1 aromatic rings. The Kier molecular flexibility index (Phi) is 5.08. The molecule has 0 aromatic heterocycles. The third-order valence-electron chi connectivity index (χ3n) is 4.81. The molecule has 2 aliphatic rings. The number of carbonyl (C=O) groups is 1. The molecule has 0 bridgehead atoms. The summed E-state index contributed by atoms with van der Waals surface area (Å²) >= 11 is 0. The zero-order valence-corrected chi connectivity index (χ0v) is 13.0. The normalized spacial score (nSPS) is 22.1. The maximum absolute atomic E-state index is 13.0. The van der Waals surface area contributed by atoms with Crippen LogP contribution < -0.4 is 0 Å². The third kappa shape index (κ3) is 3.67. The molecule has 1 heterocycles. The van der Waals surface area contributed by atoms with Crippen molar-refractivity contribution in [1.82, 2.24) is 4.90 Å². The van der Waals surface area contributed by atoms with Crippen molar-refractivity contribution in [1.29, 1.82) is 0 Å². The van der Waals surface area contributed by atoms with Gasteiger partial charge in [-0.1, -0.05) is 25.0 Å². The van der Waals surface area contributed by atoms with Crippen LogP contribution in [-0.2, 0) is 16.0 Å². The Hall–Kier alpha value is -1.42. The van der Waals surface area contributed by atoms with E-state index >= 15 is 0 Å². The molecule has 1 aliphatic heterocycles.